The maximum Gasteiger partial charge on any atom is 0.0576 e. The highest BCUT2D eigenvalue weighted by molar-refractivity contribution is 4.76. The molecule has 0 aromatic rings. The summed E-state index contributed by atoms with van der Waals surface area (Å²) in [5.41, 5.74) is 0. The molecule has 2 heterocycles. The zero-order chi connectivity index (χ0) is 9.80. The van der Waals surface area contributed by atoms with E-state index < -0.39 is 0 Å². The second-order valence-electron chi connectivity index (χ2n) is 4.94. The zero-order valence-electron chi connectivity index (χ0n) is 9.30. The topological polar surface area (TPSA) is 21.3 Å². The van der Waals surface area contributed by atoms with E-state index in [4.69, 9.17) is 4.74 Å². The third-order valence-corrected chi connectivity index (χ3v) is 3.85. The fourth-order valence-corrected chi connectivity index (χ4v) is 2.77. The maximum atomic E-state index is 5.66. The molecule has 0 bridgehead atoms. The van der Waals surface area contributed by atoms with Crippen LogP contribution >= 0.6 is 0 Å². The van der Waals surface area contributed by atoms with E-state index in [-0.39, 0.29) is 0 Å². The number of nitrogens with one attached hydrogen (secondary N) is 1. The molecule has 2 nitrogen and oxygen atoms in total. The molecular formula is C12H23NO. The monoisotopic (exact) mass is 197 g/mol. The summed E-state index contributed by atoms with van der Waals surface area (Å²) in [5, 5.41) is 3.46. The lowest BCUT2D eigenvalue weighted by molar-refractivity contribution is 0.0923. The number of rotatable bonds is 3. The van der Waals surface area contributed by atoms with E-state index in [1.54, 1.807) is 0 Å². The molecule has 2 heteroatoms. The van der Waals surface area contributed by atoms with Crippen molar-refractivity contribution in [1.82, 2.24) is 5.32 Å². The lowest BCUT2D eigenvalue weighted by atomic mass is 9.83. The normalized spacial score (nSPS) is 38.8. The lowest BCUT2D eigenvalue weighted by Gasteiger charge is -2.30. The molecule has 14 heavy (non-hydrogen) atoms. The molecule has 3 atom stereocenters. The SMILES string of the molecule is CC1CNCCC1CCC1CCCO1. The highest BCUT2D eigenvalue weighted by atomic mass is 16.5. The molecule has 0 aliphatic carbocycles. The lowest BCUT2D eigenvalue weighted by Crippen LogP contribution is -2.35. The van der Waals surface area contributed by atoms with Crippen LogP contribution in [0.1, 0.15) is 39.0 Å². The van der Waals surface area contributed by atoms with Gasteiger partial charge in [-0.15, -0.1) is 0 Å². The van der Waals surface area contributed by atoms with E-state index in [1.165, 1.54) is 45.2 Å². The smallest absolute Gasteiger partial charge is 0.0576 e. The highest BCUT2D eigenvalue weighted by Crippen LogP contribution is 2.27. The Bertz CT molecular complexity index is 166. The Kier molecular flexibility index (Phi) is 3.82. The van der Waals surface area contributed by atoms with E-state index in [9.17, 15) is 0 Å². The zero-order valence-corrected chi connectivity index (χ0v) is 9.30. The number of hydrogen-bond acceptors (Lipinski definition) is 2. The molecule has 2 fully saturated rings. The van der Waals surface area contributed by atoms with Gasteiger partial charge >= 0.3 is 0 Å². The van der Waals surface area contributed by atoms with Crippen molar-refractivity contribution in [3.63, 3.8) is 0 Å². The summed E-state index contributed by atoms with van der Waals surface area (Å²) in [6, 6.07) is 0. The van der Waals surface area contributed by atoms with Gasteiger partial charge in [0.25, 0.3) is 0 Å². The Morgan fingerprint density at radius 1 is 1.29 bits per heavy atom. The van der Waals surface area contributed by atoms with Crippen LogP contribution in [0.25, 0.3) is 0 Å². The molecule has 0 amide bonds. The molecule has 0 aromatic carbocycles. The summed E-state index contributed by atoms with van der Waals surface area (Å²) in [5.74, 6) is 1.81. The van der Waals surface area contributed by atoms with E-state index in [0.717, 1.165) is 18.4 Å². The van der Waals surface area contributed by atoms with Gasteiger partial charge in [0, 0.05) is 6.61 Å². The van der Waals surface area contributed by atoms with Crippen LogP contribution in [0.15, 0.2) is 0 Å². The van der Waals surface area contributed by atoms with Crippen molar-refractivity contribution >= 4 is 0 Å². The van der Waals surface area contributed by atoms with Crippen LogP contribution in [0.5, 0.6) is 0 Å². The molecule has 0 spiro atoms. The fraction of sp³-hybridized carbons (Fsp3) is 1.00. The van der Waals surface area contributed by atoms with Crippen LogP contribution < -0.4 is 5.32 Å². The van der Waals surface area contributed by atoms with Crippen LogP contribution in [0.4, 0.5) is 0 Å². The first kappa shape index (κ1) is 10.4. The molecule has 2 rings (SSSR count). The van der Waals surface area contributed by atoms with E-state index in [2.05, 4.69) is 12.2 Å². The first-order valence-electron chi connectivity index (χ1n) is 6.18. The van der Waals surface area contributed by atoms with Crippen molar-refractivity contribution in [2.75, 3.05) is 19.7 Å². The third-order valence-electron chi connectivity index (χ3n) is 3.85. The quantitative estimate of drug-likeness (QED) is 0.749. The number of hydrogen-bond donors (Lipinski definition) is 1. The predicted octanol–water partition coefficient (Wildman–Crippen LogP) is 2.19. The summed E-state index contributed by atoms with van der Waals surface area (Å²) in [6.45, 7) is 5.83. The number of ether oxygens (including phenoxy) is 1. The average molecular weight is 197 g/mol. The largest absolute Gasteiger partial charge is 0.378 e. The Labute approximate surface area is 87.4 Å². The Hall–Kier alpha value is -0.0800. The van der Waals surface area contributed by atoms with E-state index in [1.807, 2.05) is 0 Å². The van der Waals surface area contributed by atoms with Crippen LogP contribution in [-0.2, 0) is 4.74 Å². The van der Waals surface area contributed by atoms with Gasteiger partial charge in [-0.25, -0.2) is 0 Å². The van der Waals surface area contributed by atoms with Crippen molar-refractivity contribution in [1.29, 1.82) is 0 Å². The second-order valence-corrected chi connectivity index (χ2v) is 4.94. The minimum Gasteiger partial charge on any atom is -0.378 e. The summed E-state index contributed by atoms with van der Waals surface area (Å²) < 4.78 is 5.66. The second kappa shape index (κ2) is 5.13. The first-order chi connectivity index (χ1) is 6.86. The van der Waals surface area contributed by atoms with Gasteiger partial charge < -0.3 is 10.1 Å². The number of piperidine rings is 1. The summed E-state index contributed by atoms with van der Waals surface area (Å²) in [4.78, 5) is 0. The van der Waals surface area contributed by atoms with Crippen molar-refractivity contribution < 1.29 is 4.74 Å². The maximum absolute atomic E-state index is 5.66. The van der Waals surface area contributed by atoms with E-state index >= 15 is 0 Å². The van der Waals surface area contributed by atoms with Gasteiger partial charge in [-0.05, 0) is 57.0 Å². The van der Waals surface area contributed by atoms with Crippen molar-refractivity contribution in [2.45, 2.75) is 45.1 Å². The molecule has 0 radical (unpaired) electrons. The van der Waals surface area contributed by atoms with Crippen LogP contribution in [0, 0.1) is 11.8 Å². The van der Waals surface area contributed by atoms with Crippen LogP contribution in [0.3, 0.4) is 0 Å². The molecule has 3 unspecified atom stereocenters. The fourth-order valence-electron chi connectivity index (χ4n) is 2.77. The minimum atomic E-state index is 0.595. The van der Waals surface area contributed by atoms with Gasteiger partial charge in [-0.2, -0.15) is 0 Å². The van der Waals surface area contributed by atoms with Crippen LogP contribution in [0.2, 0.25) is 0 Å². The first-order valence-corrected chi connectivity index (χ1v) is 6.18. The highest BCUT2D eigenvalue weighted by Gasteiger charge is 2.23. The van der Waals surface area contributed by atoms with Gasteiger partial charge in [-0.1, -0.05) is 6.92 Å². The molecule has 0 aromatic heterocycles. The molecule has 2 aliphatic heterocycles. The summed E-state index contributed by atoms with van der Waals surface area (Å²) in [7, 11) is 0. The van der Waals surface area contributed by atoms with Crippen molar-refractivity contribution in [3.05, 3.63) is 0 Å². The summed E-state index contributed by atoms with van der Waals surface area (Å²) in [6.07, 6.45) is 7.24. The molecule has 2 aliphatic rings. The molecular weight excluding hydrogens is 174 g/mol. The molecule has 2 saturated heterocycles. The van der Waals surface area contributed by atoms with Crippen LogP contribution in [-0.4, -0.2) is 25.8 Å². The Balaban J connectivity index is 1.67. The Morgan fingerprint density at radius 2 is 2.21 bits per heavy atom. The molecule has 0 saturated carbocycles. The average Bonchev–Trinajstić information content (AvgIpc) is 2.69. The third kappa shape index (κ3) is 2.71. The van der Waals surface area contributed by atoms with Gasteiger partial charge in [0.15, 0.2) is 0 Å². The molecule has 82 valence electrons. The predicted molar refractivity (Wildman–Crippen MR) is 58.3 cm³/mol. The summed E-state index contributed by atoms with van der Waals surface area (Å²) >= 11 is 0. The Morgan fingerprint density at radius 3 is 2.93 bits per heavy atom. The van der Waals surface area contributed by atoms with Gasteiger partial charge in [-0.3, -0.25) is 0 Å². The standard InChI is InChI=1S/C12H23NO/c1-10-9-13-7-6-11(10)4-5-12-3-2-8-14-12/h10-13H,2-9H2,1H3. The van der Waals surface area contributed by atoms with Gasteiger partial charge in [0.05, 0.1) is 6.10 Å². The van der Waals surface area contributed by atoms with Crippen molar-refractivity contribution in [3.8, 4) is 0 Å². The van der Waals surface area contributed by atoms with Crippen molar-refractivity contribution in [2.24, 2.45) is 11.8 Å². The minimum absolute atomic E-state index is 0.595. The van der Waals surface area contributed by atoms with E-state index in [0.29, 0.717) is 6.10 Å². The van der Waals surface area contributed by atoms with Gasteiger partial charge in [0.1, 0.15) is 0 Å². The molecule has 1 N–H and O–H groups in total. The van der Waals surface area contributed by atoms with Gasteiger partial charge in [0.2, 0.25) is 0 Å².